The number of carbonyl (C=O) groups excluding carboxylic acids is 2. The zero-order valence-corrected chi connectivity index (χ0v) is 19.3. The van der Waals surface area contributed by atoms with Crippen LogP contribution in [-0.2, 0) is 9.53 Å². The first kappa shape index (κ1) is 22.3. The molecular formula is C24H29N7O3. The molecule has 0 aromatic carbocycles. The highest BCUT2D eigenvalue weighted by molar-refractivity contribution is 6.00. The summed E-state index contributed by atoms with van der Waals surface area (Å²) in [6.07, 6.45) is 9.98. The number of nitrogens with one attached hydrogen (secondary N) is 1. The van der Waals surface area contributed by atoms with Gasteiger partial charge in [-0.15, -0.1) is 0 Å². The van der Waals surface area contributed by atoms with E-state index in [4.69, 9.17) is 9.72 Å². The molecule has 4 heterocycles. The first-order valence-corrected chi connectivity index (χ1v) is 11.8. The number of fused-ring (bicyclic) bond motifs is 1. The first-order valence-electron chi connectivity index (χ1n) is 11.8. The van der Waals surface area contributed by atoms with E-state index in [9.17, 15) is 9.59 Å². The minimum atomic E-state index is -0.188. The Morgan fingerprint density at radius 1 is 1.12 bits per heavy atom. The molecule has 0 radical (unpaired) electrons. The number of aromatic nitrogens is 4. The third-order valence-electron chi connectivity index (χ3n) is 6.71. The largest absolute Gasteiger partial charge is 0.378 e. The smallest absolute Gasteiger partial charge is 0.256 e. The number of hydrogen-bond donors (Lipinski definition) is 1. The van der Waals surface area contributed by atoms with E-state index in [1.165, 1.54) is 0 Å². The van der Waals surface area contributed by atoms with E-state index in [1.54, 1.807) is 29.3 Å². The maximum atomic E-state index is 13.1. The summed E-state index contributed by atoms with van der Waals surface area (Å²) in [6, 6.07) is 5.70. The molecule has 3 aromatic rings. The molecule has 1 aliphatic carbocycles. The number of hydrogen-bond acceptors (Lipinski definition) is 7. The minimum Gasteiger partial charge on any atom is -0.378 e. The van der Waals surface area contributed by atoms with Crippen molar-refractivity contribution in [2.45, 2.75) is 31.7 Å². The zero-order valence-electron chi connectivity index (χ0n) is 19.3. The quantitative estimate of drug-likeness (QED) is 0.617. The second-order valence-electron chi connectivity index (χ2n) is 8.84. The Balaban J connectivity index is 1.23. The van der Waals surface area contributed by atoms with Crippen LogP contribution in [0.3, 0.4) is 0 Å². The van der Waals surface area contributed by atoms with E-state index >= 15 is 0 Å². The highest BCUT2D eigenvalue weighted by Gasteiger charge is 2.31. The van der Waals surface area contributed by atoms with Crippen LogP contribution < -0.4 is 10.2 Å². The van der Waals surface area contributed by atoms with Crippen molar-refractivity contribution in [3.05, 3.63) is 48.5 Å². The molecule has 2 amide bonds. The molecule has 1 saturated heterocycles. The monoisotopic (exact) mass is 463 g/mol. The van der Waals surface area contributed by atoms with Gasteiger partial charge in [-0.05, 0) is 43.9 Å². The average molecular weight is 464 g/mol. The fraction of sp³-hybridized carbons (Fsp3) is 0.458. The van der Waals surface area contributed by atoms with Crippen LogP contribution in [0.2, 0.25) is 0 Å². The van der Waals surface area contributed by atoms with E-state index in [2.05, 4.69) is 15.4 Å². The van der Waals surface area contributed by atoms with Crippen LogP contribution in [0.4, 0.5) is 11.5 Å². The predicted molar refractivity (Wildman–Crippen MR) is 126 cm³/mol. The van der Waals surface area contributed by atoms with Gasteiger partial charge in [0.25, 0.3) is 5.91 Å². The SMILES string of the molecule is CN(c1cccnc1)c1ccn2ncc(C(=O)NC3CCC(C(=O)N4CCOCC4)CC3)c2n1. The fourth-order valence-electron chi connectivity index (χ4n) is 4.68. The van der Waals surface area contributed by atoms with Crippen molar-refractivity contribution >= 4 is 29.0 Å². The molecule has 1 saturated carbocycles. The maximum absolute atomic E-state index is 13.1. The highest BCUT2D eigenvalue weighted by atomic mass is 16.5. The van der Waals surface area contributed by atoms with E-state index in [0.717, 1.165) is 31.4 Å². The molecule has 178 valence electrons. The van der Waals surface area contributed by atoms with Gasteiger partial charge in [0.1, 0.15) is 11.4 Å². The Bertz CT molecular complexity index is 1150. The standard InChI is InChI=1S/C24H29N7O3/c1-29(19-3-2-9-25-15-19)21-8-10-31-22(28-21)20(16-26-31)23(32)27-18-6-4-17(5-7-18)24(33)30-11-13-34-14-12-30/h2-3,8-10,15-18H,4-7,11-14H2,1H3,(H,27,32). The Labute approximate surface area is 197 Å². The van der Waals surface area contributed by atoms with E-state index < -0.39 is 0 Å². The fourth-order valence-corrected chi connectivity index (χ4v) is 4.68. The Kier molecular flexibility index (Phi) is 6.39. The van der Waals surface area contributed by atoms with Crippen LogP contribution in [0, 0.1) is 5.92 Å². The van der Waals surface area contributed by atoms with E-state index in [0.29, 0.717) is 43.3 Å². The van der Waals surface area contributed by atoms with Crippen molar-refractivity contribution in [1.82, 2.24) is 29.8 Å². The van der Waals surface area contributed by atoms with Gasteiger partial charge in [0.15, 0.2) is 5.65 Å². The summed E-state index contributed by atoms with van der Waals surface area (Å²) in [6.45, 7) is 2.58. The lowest BCUT2D eigenvalue weighted by atomic mass is 9.85. The Morgan fingerprint density at radius 2 is 1.91 bits per heavy atom. The molecule has 5 rings (SSSR count). The molecule has 10 nitrogen and oxygen atoms in total. The third-order valence-corrected chi connectivity index (χ3v) is 6.71. The van der Waals surface area contributed by atoms with Gasteiger partial charge in [-0.2, -0.15) is 5.10 Å². The lowest BCUT2D eigenvalue weighted by Crippen LogP contribution is -2.46. The van der Waals surface area contributed by atoms with Crippen molar-refractivity contribution in [2.75, 3.05) is 38.3 Å². The van der Waals surface area contributed by atoms with Gasteiger partial charge in [-0.3, -0.25) is 14.6 Å². The van der Waals surface area contributed by atoms with Gasteiger partial charge in [-0.25, -0.2) is 9.50 Å². The second kappa shape index (κ2) is 9.76. The normalized spacial score (nSPS) is 20.8. The number of morpholine rings is 1. The summed E-state index contributed by atoms with van der Waals surface area (Å²) in [5.74, 6) is 0.768. The van der Waals surface area contributed by atoms with Crippen LogP contribution in [0.15, 0.2) is 43.0 Å². The predicted octanol–water partition coefficient (Wildman–Crippen LogP) is 2.04. The number of rotatable bonds is 5. The molecule has 1 aliphatic heterocycles. The summed E-state index contributed by atoms with van der Waals surface area (Å²) in [7, 11) is 1.91. The average Bonchev–Trinajstić information content (AvgIpc) is 3.33. The molecule has 2 aliphatic rings. The van der Waals surface area contributed by atoms with Crippen LogP contribution in [0.25, 0.3) is 5.65 Å². The third kappa shape index (κ3) is 4.58. The highest BCUT2D eigenvalue weighted by Crippen LogP contribution is 2.27. The van der Waals surface area contributed by atoms with Crippen molar-refractivity contribution in [3.8, 4) is 0 Å². The van der Waals surface area contributed by atoms with Crippen LogP contribution in [-0.4, -0.2) is 75.7 Å². The van der Waals surface area contributed by atoms with Crippen LogP contribution >= 0.6 is 0 Å². The molecule has 0 bridgehead atoms. The van der Waals surface area contributed by atoms with Gasteiger partial charge in [0, 0.05) is 44.5 Å². The maximum Gasteiger partial charge on any atom is 0.256 e. The summed E-state index contributed by atoms with van der Waals surface area (Å²) in [5.41, 5.74) is 1.84. The van der Waals surface area contributed by atoms with E-state index in [-0.39, 0.29) is 23.8 Å². The summed E-state index contributed by atoms with van der Waals surface area (Å²) in [5, 5.41) is 7.43. The molecular weight excluding hydrogens is 434 g/mol. The molecule has 34 heavy (non-hydrogen) atoms. The zero-order chi connectivity index (χ0) is 23.5. The first-order chi connectivity index (χ1) is 16.6. The summed E-state index contributed by atoms with van der Waals surface area (Å²) in [4.78, 5) is 38.5. The minimum absolute atomic E-state index is 0.0375. The number of nitrogens with zero attached hydrogens (tertiary/aromatic N) is 6. The second-order valence-corrected chi connectivity index (χ2v) is 8.84. The topological polar surface area (TPSA) is 105 Å². The van der Waals surface area contributed by atoms with Gasteiger partial charge in [0.2, 0.25) is 5.91 Å². The van der Waals surface area contributed by atoms with Crippen molar-refractivity contribution in [2.24, 2.45) is 5.92 Å². The molecule has 0 unspecified atom stereocenters. The molecule has 10 heteroatoms. The molecule has 2 fully saturated rings. The van der Waals surface area contributed by atoms with Crippen LogP contribution in [0.1, 0.15) is 36.0 Å². The summed E-state index contributed by atoms with van der Waals surface area (Å²) >= 11 is 0. The van der Waals surface area contributed by atoms with Crippen molar-refractivity contribution in [1.29, 1.82) is 0 Å². The lowest BCUT2D eigenvalue weighted by molar-refractivity contribution is -0.140. The van der Waals surface area contributed by atoms with Gasteiger partial charge in [-0.1, -0.05) is 0 Å². The number of carbonyl (C=O) groups is 2. The van der Waals surface area contributed by atoms with Crippen LogP contribution in [0.5, 0.6) is 0 Å². The number of pyridine rings is 1. The Morgan fingerprint density at radius 3 is 2.65 bits per heavy atom. The lowest BCUT2D eigenvalue weighted by Gasteiger charge is -2.34. The van der Waals surface area contributed by atoms with Gasteiger partial charge >= 0.3 is 0 Å². The number of amides is 2. The Hall–Kier alpha value is -3.53. The molecule has 0 atom stereocenters. The van der Waals surface area contributed by atoms with Gasteiger partial charge in [0.05, 0.1) is 31.3 Å². The van der Waals surface area contributed by atoms with Crippen molar-refractivity contribution in [3.63, 3.8) is 0 Å². The number of ether oxygens (including phenoxy) is 1. The number of anilines is 2. The van der Waals surface area contributed by atoms with Crippen molar-refractivity contribution < 1.29 is 14.3 Å². The molecule has 1 N–H and O–H groups in total. The summed E-state index contributed by atoms with van der Waals surface area (Å²) < 4.78 is 6.95. The van der Waals surface area contributed by atoms with Gasteiger partial charge < -0.3 is 19.9 Å². The van der Waals surface area contributed by atoms with E-state index in [1.807, 2.05) is 35.0 Å². The molecule has 0 spiro atoms. The molecule has 3 aromatic heterocycles.